The summed E-state index contributed by atoms with van der Waals surface area (Å²) in [4.78, 5) is 4.95. The molecule has 2 aliphatic rings. The summed E-state index contributed by atoms with van der Waals surface area (Å²) in [5.74, 6) is 0. The van der Waals surface area contributed by atoms with Gasteiger partial charge in [0.05, 0.1) is 16.4 Å². The lowest BCUT2D eigenvalue weighted by atomic mass is 9.67. The Balaban J connectivity index is 1.18. The van der Waals surface area contributed by atoms with E-state index in [9.17, 15) is 0 Å². The van der Waals surface area contributed by atoms with E-state index in [1.807, 2.05) is 11.8 Å². The minimum absolute atomic E-state index is 0.421. The Labute approximate surface area is 307 Å². The smallest absolute Gasteiger partial charge is 0.0736 e. The topological polar surface area (TPSA) is 8.17 Å². The first-order valence-electron chi connectivity index (χ1n) is 17.9. The molecule has 3 heteroatoms. The molecule has 9 aromatic rings. The summed E-state index contributed by atoms with van der Waals surface area (Å²) in [7, 11) is 0. The Morgan fingerprint density at radius 2 is 0.942 bits per heavy atom. The van der Waals surface area contributed by atoms with Crippen LogP contribution in [-0.2, 0) is 5.41 Å². The van der Waals surface area contributed by atoms with Gasteiger partial charge in [0, 0.05) is 43.3 Å². The lowest BCUT2D eigenvalue weighted by molar-refractivity contribution is 0.724. The number of hydrogen-bond donors (Lipinski definition) is 0. The van der Waals surface area contributed by atoms with Gasteiger partial charge in [0.15, 0.2) is 0 Å². The van der Waals surface area contributed by atoms with Gasteiger partial charge in [-0.2, -0.15) is 0 Å². The molecule has 0 unspecified atom stereocenters. The van der Waals surface area contributed by atoms with Crippen molar-refractivity contribution >= 4 is 50.6 Å². The van der Waals surface area contributed by atoms with Gasteiger partial charge in [-0.3, -0.25) is 0 Å². The standard InChI is InChI=1S/C49H32N2S/c1-3-15-33(16-4-1)50(34-17-5-2-6-18-34)35-27-29-36(30-28-35)51-45-25-13-9-21-39(45)40-31-32-44-48(47(40)51)52-46-26-14-12-24-43(46)49(44)41-22-10-7-19-37(41)38-20-8-11-23-42(38)49/h1-32H. The molecule has 8 aromatic carbocycles. The van der Waals surface area contributed by atoms with E-state index in [0.717, 1.165) is 22.7 Å². The Hall–Kier alpha value is -6.29. The summed E-state index contributed by atoms with van der Waals surface area (Å²) in [6.45, 7) is 0. The van der Waals surface area contributed by atoms with Crippen LogP contribution < -0.4 is 4.90 Å². The highest BCUT2D eigenvalue weighted by atomic mass is 32.2. The third-order valence-electron chi connectivity index (χ3n) is 11.0. The maximum Gasteiger partial charge on any atom is 0.0736 e. The average Bonchev–Trinajstić information content (AvgIpc) is 3.71. The molecule has 1 aromatic heterocycles. The van der Waals surface area contributed by atoms with Crippen LogP contribution in [0.2, 0.25) is 0 Å². The Morgan fingerprint density at radius 3 is 1.62 bits per heavy atom. The number of aromatic nitrogens is 1. The van der Waals surface area contributed by atoms with E-state index >= 15 is 0 Å². The molecule has 0 amide bonds. The number of anilines is 3. The SMILES string of the molecule is c1ccc(N(c2ccccc2)c2ccc(-n3c4ccccc4c4ccc5c(c43)Sc3ccccc3C53c4ccccc4-c4ccccc43)cc2)cc1. The van der Waals surface area contributed by atoms with Gasteiger partial charge in [0.2, 0.25) is 0 Å². The first kappa shape index (κ1) is 29.4. The molecule has 1 spiro atoms. The van der Waals surface area contributed by atoms with Crippen LogP contribution in [0.25, 0.3) is 38.6 Å². The van der Waals surface area contributed by atoms with Crippen molar-refractivity contribution in [3.8, 4) is 16.8 Å². The normalized spacial score (nSPS) is 13.5. The summed E-state index contributed by atoms with van der Waals surface area (Å²) in [6, 6.07) is 71.2. The van der Waals surface area contributed by atoms with Gasteiger partial charge in [-0.25, -0.2) is 0 Å². The fourth-order valence-electron chi connectivity index (χ4n) is 8.98. The third-order valence-corrected chi connectivity index (χ3v) is 12.2. The lowest BCUT2D eigenvalue weighted by Gasteiger charge is -2.40. The Morgan fingerprint density at radius 1 is 0.404 bits per heavy atom. The van der Waals surface area contributed by atoms with Gasteiger partial charge in [-0.05, 0) is 94.0 Å². The van der Waals surface area contributed by atoms with E-state index in [4.69, 9.17) is 0 Å². The molecule has 0 N–H and O–H groups in total. The lowest BCUT2D eigenvalue weighted by Crippen LogP contribution is -2.32. The van der Waals surface area contributed by atoms with E-state index in [2.05, 4.69) is 204 Å². The van der Waals surface area contributed by atoms with Crippen LogP contribution in [0.5, 0.6) is 0 Å². The molecule has 0 saturated heterocycles. The second kappa shape index (κ2) is 11.4. The minimum atomic E-state index is -0.421. The van der Waals surface area contributed by atoms with Gasteiger partial charge in [0.1, 0.15) is 0 Å². The van der Waals surface area contributed by atoms with Crippen molar-refractivity contribution in [3.05, 3.63) is 216 Å². The van der Waals surface area contributed by atoms with Crippen LogP contribution in [0.15, 0.2) is 204 Å². The quantitative estimate of drug-likeness (QED) is 0.183. The first-order valence-corrected chi connectivity index (χ1v) is 18.7. The van der Waals surface area contributed by atoms with Crippen LogP contribution in [-0.4, -0.2) is 4.57 Å². The zero-order valence-corrected chi connectivity index (χ0v) is 29.1. The maximum atomic E-state index is 2.50. The van der Waals surface area contributed by atoms with Gasteiger partial charge in [-0.15, -0.1) is 0 Å². The molecular formula is C49H32N2S. The molecule has 2 heterocycles. The van der Waals surface area contributed by atoms with Crippen molar-refractivity contribution in [1.29, 1.82) is 0 Å². The predicted molar refractivity (Wildman–Crippen MR) is 217 cm³/mol. The largest absolute Gasteiger partial charge is 0.311 e. The minimum Gasteiger partial charge on any atom is -0.311 e. The van der Waals surface area contributed by atoms with E-state index < -0.39 is 5.41 Å². The third kappa shape index (κ3) is 4.03. The molecule has 244 valence electrons. The number of fused-ring (bicyclic) bond motifs is 13. The Bertz CT molecular complexity index is 2730. The zero-order valence-electron chi connectivity index (χ0n) is 28.3. The summed E-state index contributed by atoms with van der Waals surface area (Å²) in [5, 5.41) is 2.54. The number of rotatable bonds is 4. The van der Waals surface area contributed by atoms with E-state index in [-0.39, 0.29) is 0 Å². The van der Waals surface area contributed by atoms with Crippen molar-refractivity contribution in [3.63, 3.8) is 0 Å². The molecule has 0 bridgehead atoms. The van der Waals surface area contributed by atoms with Crippen molar-refractivity contribution in [2.45, 2.75) is 15.2 Å². The first-order chi connectivity index (χ1) is 25.8. The molecule has 1 aliphatic carbocycles. The molecule has 1 aliphatic heterocycles. The van der Waals surface area contributed by atoms with Crippen LogP contribution in [0.3, 0.4) is 0 Å². The van der Waals surface area contributed by atoms with Crippen molar-refractivity contribution < 1.29 is 0 Å². The predicted octanol–water partition coefficient (Wildman–Crippen LogP) is 13.1. The number of hydrogen-bond acceptors (Lipinski definition) is 2. The van der Waals surface area contributed by atoms with Crippen LogP contribution in [0.1, 0.15) is 22.3 Å². The second-order valence-corrected chi connectivity index (χ2v) is 14.7. The van der Waals surface area contributed by atoms with Crippen molar-refractivity contribution in [2.24, 2.45) is 0 Å². The van der Waals surface area contributed by atoms with Gasteiger partial charge in [0.25, 0.3) is 0 Å². The summed E-state index contributed by atoms with van der Waals surface area (Å²) in [6.07, 6.45) is 0. The molecule has 11 rings (SSSR count). The fraction of sp³-hybridized carbons (Fsp3) is 0.0204. The molecular weight excluding hydrogens is 649 g/mol. The van der Waals surface area contributed by atoms with Gasteiger partial charge >= 0.3 is 0 Å². The second-order valence-electron chi connectivity index (χ2n) is 13.7. The highest BCUT2D eigenvalue weighted by Gasteiger charge is 2.50. The summed E-state index contributed by atoms with van der Waals surface area (Å²) < 4.78 is 2.50. The van der Waals surface area contributed by atoms with E-state index in [0.29, 0.717) is 0 Å². The fourth-order valence-corrected chi connectivity index (χ4v) is 10.3. The number of nitrogens with zero attached hydrogens (tertiary/aromatic N) is 2. The Kier molecular flexibility index (Phi) is 6.43. The van der Waals surface area contributed by atoms with Gasteiger partial charge in [-0.1, -0.05) is 145 Å². The van der Waals surface area contributed by atoms with Crippen LogP contribution in [0.4, 0.5) is 17.1 Å². The molecule has 52 heavy (non-hydrogen) atoms. The molecule has 0 radical (unpaired) electrons. The summed E-state index contributed by atoms with van der Waals surface area (Å²) >= 11 is 1.92. The zero-order chi connectivity index (χ0) is 34.2. The molecule has 2 nitrogen and oxygen atoms in total. The van der Waals surface area contributed by atoms with Crippen molar-refractivity contribution in [1.82, 2.24) is 4.57 Å². The van der Waals surface area contributed by atoms with Crippen LogP contribution in [0, 0.1) is 0 Å². The number of benzene rings is 8. The van der Waals surface area contributed by atoms with Crippen molar-refractivity contribution in [2.75, 3.05) is 4.90 Å². The molecule has 0 fully saturated rings. The molecule has 0 atom stereocenters. The van der Waals surface area contributed by atoms with Gasteiger partial charge < -0.3 is 9.47 Å². The highest BCUT2D eigenvalue weighted by Crippen LogP contribution is 2.63. The van der Waals surface area contributed by atoms with E-state index in [1.54, 1.807) is 0 Å². The van der Waals surface area contributed by atoms with E-state index in [1.165, 1.54) is 65.0 Å². The summed E-state index contributed by atoms with van der Waals surface area (Å²) in [5.41, 5.74) is 14.6. The average molecular weight is 681 g/mol. The highest BCUT2D eigenvalue weighted by molar-refractivity contribution is 7.99. The van der Waals surface area contributed by atoms with Crippen LogP contribution >= 0.6 is 11.8 Å². The maximum absolute atomic E-state index is 2.50. The molecule has 0 saturated carbocycles. The number of para-hydroxylation sites is 3. The monoisotopic (exact) mass is 680 g/mol.